The lowest BCUT2D eigenvalue weighted by Crippen LogP contribution is -2.23. The van der Waals surface area contributed by atoms with Gasteiger partial charge in [-0.3, -0.25) is 0 Å². The van der Waals surface area contributed by atoms with Gasteiger partial charge in [-0.05, 0) is 61.7 Å². The van der Waals surface area contributed by atoms with Crippen LogP contribution >= 0.6 is 55.1 Å². The summed E-state index contributed by atoms with van der Waals surface area (Å²) < 4.78 is 6.38. The van der Waals surface area contributed by atoms with Gasteiger partial charge in [-0.2, -0.15) is 0 Å². The molecule has 0 aliphatic carbocycles. The predicted molar refractivity (Wildman–Crippen MR) is 121 cm³/mol. The molecule has 3 aromatic carbocycles. The Kier molecular flexibility index (Phi) is 7.48. The van der Waals surface area contributed by atoms with Gasteiger partial charge in [-0.15, -0.1) is 0 Å². The average molecular weight is 563 g/mol. The van der Waals surface area contributed by atoms with Crippen molar-refractivity contribution >= 4 is 55.1 Å². The number of halogens is 4. The molecule has 152 valence electrons. The Morgan fingerprint density at radius 3 is 1.79 bits per heavy atom. The molecule has 0 radical (unpaired) electrons. The van der Waals surface area contributed by atoms with Crippen LogP contribution in [0.15, 0.2) is 63.5 Å². The Labute approximate surface area is 194 Å². The molecule has 3 rings (SSSR count). The molecule has 1 atom stereocenters. The van der Waals surface area contributed by atoms with Crippen LogP contribution in [0.2, 0.25) is 10.0 Å². The fourth-order valence-electron chi connectivity index (χ4n) is 2.97. The van der Waals surface area contributed by atoms with Gasteiger partial charge in [0.15, 0.2) is 6.29 Å². The summed E-state index contributed by atoms with van der Waals surface area (Å²) in [5, 5.41) is 32.8. The summed E-state index contributed by atoms with van der Waals surface area (Å²) in [6.45, 7) is 0.128. The van der Waals surface area contributed by atoms with Crippen molar-refractivity contribution in [2.24, 2.45) is 0 Å². The highest BCUT2D eigenvalue weighted by Gasteiger charge is 2.31. The van der Waals surface area contributed by atoms with Crippen LogP contribution in [0.1, 0.15) is 22.6 Å². The highest BCUT2D eigenvalue weighted by atomic mass is 79.9. The lowest BCUT2D eigenvalue weighted by atomic mass is 9.89. The number of aliphatic hydroxyl groups excluding tert-OH is 1. The summed E-state index contributed by atoms with van der Waals surface area (Å²) in [4.78, 5) is 0. The van der Waals surface area contributed by atoms with Crippen molar-refractivity contribution in [3.8, 4) is 11.5 Å². The Hall–Kier alpha value is -1.28. The first-order valence-corrected chi connectivity index (χ1v) is 10.8. The van der Waals surface area contributed by atoms with Gasteiger partial charge >= 0.3 is 0 Å². The monoisotopic (exact) mass is 560 g/mol. The maximum Gasteiger partial charge on any atom is 0.166 e. The lowest BCUT2D eigenvalue weighted by molar-refractivity contribution is -0.117. The molecule has 0 heterocycles. The van der Waals surface area contributed by atoms with Crippen molar-refractivity contribution in [3.05, 3.63) is 90.3 Å². The molecule has 0 saturated carbocycles. The SMILES string of the molecule is Oc1c(Br)cc(Cl)cc1C(c1cc(Cl)cc(Br)c1O)C(O)OCc1ccccc1. The third-order valence-corrected chi connectivity index (χ3v) is 5.98. The molecule has 1 unspecified atom stereocenters. The summed E-state index contributed by atoms with van der Waals surface area (Å²) in [7, 11) is 0. The number of aliphatic hydroxyl groups is 1. The van der Waals surface area contributed by atoms with Gasteiger partial charge in [0.2, 0.25) is 0 Å². The van der Waals surface area contributed by atoms with Crippen LogP contribution in [-0.4, -0.2) is 21.6 Å². The van der Waals surface area contributed by atoms with Gasteiger partial charge in [-0.25, -0.2) is 0 Å². The van der Waals surface area contributed by atoms with E-state index >= 15 is 0 Å². The first-order chi connectivity index (χ1) is 13.8. The number of hydrogen-bond acceptors (Lipinski definition) is 4. The van der Waals surface area contributed by atoms with Crippen LogP contribution in [0.5, 0.6) is 11.5 Å². The Morgan fingerprint density at radius 1 is 0.828 bits per heavy atom. The van der Waals surface area contributed by atoms with Crippen molar-refractivity contribution < 1.29 is 20.1 Å². The number of ether oxygens (including phenoxy) is 1. The van der Waals surface area contributed by atoms with E-state index in [1.165, 1.54) is 24.3 Å². The topological polar surface area (TPSA) is 69.9 Å². The van der Waals surface area contributed by atoms with Crippen LogP contribution in [0, 0.1) is 0 Å². The summed E-state index contributed by atoms with van der Waals surface area (Å²) in [6, 6.07) is 15.4. The van der Waals surface area contributed by atoms with E-state index in [4.69, 9.17) is 27.9 Å². The second-order valence-corrected chi connectivity index (χ2v) is 8.90. The Bertz CT molecular complexity index is 958. The fraction of sp³-hybridized carbons (Fsp3) is 0.143. The minimum absolute atomic E-state index is 0.128. The van der Waals surface area contributed by atoms with Crippen molar-refractivity contribution in [3.63, 3.8) is 0 Å². The highest BCUT2D eigenvalue weighted by Crippen LogP contribution is 2.45. The van der Waals surface area contributed by atoms with Crippen molar-refractivity contribution in [1.82, 2.24) is 0 Å². The smallest absolute Gasteiger partial charge is 0.166 e. The van der Waals surface area contributed by atoms with Crippen molar-refractivity contribution in [1.29, 1.82) is 0 Å². The lowest BCUT2D eigenvalue weighted by Gasteiger charge is -2.26. The Balaban J connectivity index is 2.07. The number of aromatic hydroxyl groups is 2. The first kappa shape index (κ1) is 22.4. The second-order valence-electron chi connectivity index (χ2n) is 6.32. The number of hydrogen-bond donors (Lipinski definition) is 3. The predicted octanol–water partition coefficient (Wildman–Crippen LogP) is 6.60. The van der Waals surface area contributed by atoms with Crippen LogP contribution in [0.25, 0.3) is 0 Å². The molecule has 0 bridgehead atoms. The maximum atomic E-state index is 10.9. The van der Waals surface area contributed by atoms with E-state index in [9.17, 15) is 15.3 Å². The molecule has 3 aromatic rings. The third-order valence-electron chi connectivity index (χ3n) is 4.33. The minimum atomic E-state index is -1.41. The molecular weight excluding hydrogens is 547 g/mol. The molecule has 0 spiro atoms. The van der Waals surface area contributed by atoms with Crippen molar-refractivity contribution in [2.75, 3.05) is 0 Å². The van der Waals surface area contributed by atoms with Gasteiger partial charge in [0.05, 0.1) is 21.5 Å². The number of benzene rings is 3. The van der Waals surface area contributed by atoms with E-state index in [2.05, 4.69) is 31.9 Å². The summed E-state index contributed by atoms with van der Waals surface area (Å²) >= 11 is 18.9. The molecule has 3 N–H and O–H groups in total. The zero-order chi connectivity index (χ0) is 21.1. The van der Waals surface area contributed by atoms with Crippen LogP contribution in [-0.2, 0) is 11.3 Å². The van der Waals surface area contributed by atoms with E-state index in [0.717, 1.165) is 5.56 Å². The van der Waals surface area contributed by atoms with E-state index in [1.807, 2.05) is 30.3 Å². The molecule has 8 heteroatoms. The van der Waals surface area contributed by atoms with Gasteiger partial charge in [0.25, 0.3) is 0 Å². The summed E-state index contributed by atoms with van der Waals surface area (Å²) in [5.74, 6) is -1.22. The first-order valence-electron chi connectivity index (χ1n) is 8.47. The normalized spacial score (nSPS) is 12.3. The van der Waals surface area contributed by atoms with Crippen LogP contribution in [0.3, 0.4) is 0 Å². The van der Waals surface area contributed by atoms with Gasteiger partial charge in [-0.1, -0.05) is 53.5 Å². The summed E-state index contributed by atoms with van der Waals surface area (Å²) in [5.41, 5.74) is 1.40. The molecular formula is C21H16Br2Cl2O4. The van der Waals surface area contributed by atoms with Crippen LogP contribution in [0.4, 0.5) is 0 Å². The Morgan fingerprint density at radius 2 is 1.31 bits per heavy atom. The molecule has 0 aliphatic heterocycles. The summed E-state index contributed by atoms with van der Waals surface area (Å²) in [6.07, 6.45) is -1.41. The van der Waals surface area contributed by atoms with Gasteiger partial charge < -0.3 is 20.1 Å². The zero-order valence-electron chi connectivity index (χ0n) is 14.8. The quantitative estimate of drug-likeness (QED) is 0.296. The van der Waals surface area contributed by atoms with E-state index < -0.39 is 12.2 Å². The highest BCUT2D eigenvalue weighted by molar-refractivity contribution is 9.10. The largest absolute Gasteiger partial charge is 0.506 e. The zero-order valence-corrected chi connectivity index (χ0v) is 19.5. The maximum absolute atomic E-state index is 10.9. The molecule has 0 amide bonds. The number of phenolic OH excluding ortho intramolecular Hbond substituents is 2. The van der Waals surface area contributed by atoms with E-state index in [0.29, 0.717) is 19.0 Å². The van der Waals surface area contributed by atoms with Gasteiger partial charge in [0, 0.05) is 21.2 Å². The average Bonchev–Trinajstić information content (AvgIpc) is 2.68. The fourth-order valence-corrected chi connectivity index (χ4v) is 4.64. The minimum Gasteiger partial charge on any atom is -0.506 e. The van der Waals surface area contributed by atoms with Gasteiger partial charge in [0.1, 0.15) is 11.5 Å². The number of phenols is 2. The van der Waals surface area contributed by atoms with Crippen LogP contribution < -0.4 is 0 Å². The van der Waals surface area contributed by atoms with Crippen molar-refractivity contribution in [2.45, 2.75) is 18.8 Å². The third kappa shape index (κ3) is 5.26. The number of rotatable bonds is 6. The molecule has 0 saturated heterocycles. The molecule has 4 nitrogen and oxygen atoms in total. The van der Waals surface area contributed by atoms with E-state index in [1.54, 1.807) is 0 Å². The molecule has 29 heavy (non-hydrogen) atoms. The molecule has 0 fully saturated rings. The van der Waals surface area contributed by atoms with E-state index in [-0.39, 0.29) is 29.2 Å². The molecule has 0 aromatic heterocycles. The molecule has 0 aliphatic rings. The standard InChI is InChI=1S/C21H16Br2Cl2O4/c22-16-8-12(24)6-14(19(16)26)18(15-7-13(25)9-17(23)20(15)27)21(28)29-10-11-4-2-1-3-5-11/h1-9,18,21,26-28H,10H2. The second kappa shape index (κ2) is 9.69.